The summed E-state index contributed by atoms with van der Waals surface area (Å²) in [6, 6.07) is 14.9. The number of rotatable bonds is 7. The molecule has 3 rings (SSSR count). The molecule has 2 N–H and O–H groups in total. The maximum atomic E-state index is 5.56. The van der Waals surface area contributed by atoms with Gasteiger partial charge in [0.2, 0.25) is 0 Å². The molecule has 1 aliphatic heterocycles. The third-order valence-corrected chi connectivity index (χ3v) is 4.48. The Balaban J connectivity index is 0.00000261. The summed E-state index contributed by atoms with van der Waals surface area (Å²) < 4.78 is 10.7. The fourth-order valence-electron chi connectivity index (χ4n) is 3.05. The lowest BCUT2D eigenvalue weighted by atomic mass is 10.1. The quantitative estimate of drug-likeness (QED) is 0.362. The standard InChI is InChI=1S/C21H27N3O2.HI/c1-22-21(24-14-17-3-5-18(6-4-17)15-25-2)23-11-9-16-7-8-20-19(13-16)10-12-26-20;/h3-8,13H,9-12,14-15H2,1-2H3,(H2,22,23,24);1H. The van der Waals surface area contributed by atoms with Crippen molar-refractivity contribution < 1.29 is 9.47 Å². The molecule has 0 amide bonds. The minimum atomic E-state index is 0. The maximum Gasteiger partial charge on any atom is 0.191 e. The highest BCUT2D eigenvalue weighted by Crippen LogP contribution is 2.25. The van der Waals surface area contributed by atoms with Gasteiger partial charge in [0.05, 0.1) is 13.2 Å². The fraction of sp³-hybridized carbons (Fsp3) is 0.381. The lowest BCUT2D eigenvalue weighted by Crippen LogP contribution is -2.37. The van der Waals surface area contributed by atoms with Crippen molar-refractivity contribution in [2.24, 2.45) is 4.99 Å². The van der Waals surface area contributed by atoms with E-state index in [1.54, 1.807) is 14.2 Å². The first-order valence-corrected chi connectivity index (χ1v) is 9.04. The number of methoxy groups -OCH3 is 1. The van der Waals surface area contributed by atoms with Crippen molar-refractivity contribution in [3.8, 4) is 5.75 Å². The Morgan fingerprint density at radius 1 is 1.07 bits per heavy atom. The first kappa shape index (κ1) is 21.5. The highest BCUT2D eigenvalue weighted by molar-refractivity contribution is 14.0. The predicted octanol–water partition coefficient (Wildman–Crippen LogP) is 3.29. The second-order valence-corrected chi connectivity index (χ2v) is 6.39. The van der Waals surface area contributed by atoms with Gasteiger partial charge in [0.15, 0.2) is 5.96 Å². The Kier molecular flexibility index (Phi) is 8.87. The van der Waals surface area contributed by atoms with Crippen LogP contribution in [0.2, 0.25) is 0 Å². The molecule has 146 valence electrons. The van der Waals surface area contributed by atoms with Crippen LogP contribution in [0.25, 0.3) is 0 Å². The van der Waals surface area contributed by atoms with Gasteiger partial charge in [-0.1, -0.05) is 36.4 Å². The van der Waals surface area contributed by atoms with Crippen molar-refractivity contribution in [1.29, 1.82) is 0 Å². The molecule has 0 saturated heterocycles. The van der Waals surface area contributed by atoms with Crippen molar-refractivity contribution in [2.75, 3.05) is 27.3 Å². The molecule has 0 saturated carbocycles. The van der Waals surface area contributed by atoms with Crippen LogP contribution in [0.15, 0.2) is 47.5 Å². The molecule has 1 heterocycles. The van der Waals surface area contributed by atoms with Crippen molar-refractivity contribution in [2.45, 2.75) is 26.0 Å². The first-order valence-electron chi connectivity index (χ1n) is 9.04. The zero-order valence-electron chi connectivity index (χ0n) is 16.0. The van der Waals surface area contributed by atoms with Crippen LogP contribution in [0, 0.1) is 0 Å². The van der Waals surface area contributed by atoms with E-state index in [2.05, 4.69) is 58.1 Å². The van der Waals surface area contributed by atoms with Gasteiger partial charge in [-0.15, -0.1) is 24.0 Å². The molecule has 2 aromatic carbocycles. The zero-order chi connectivity index (χ0) is 18.2. The minimum absolute atomic E-state index is 0. The molecule has 0 radical (unpaired) electrons. The predicted molar refractivity (Wildman–Crippen MR) is 120 cm³/mol. The Bertz CT molecular complexity index is 748. The second-order valence-electron chi connectivity index (χ2n) is 6.39. The van der Waals surface area contributed by atoms with Crippen molar-refractivity contribution in [3.05, 3.63) is 64.7 Å². The Labute approximate surface area is 178 Å². The molecule has 0 spiro atoms. The van der Waals surface area contributed by atoms with E-state index in [0.717, 1.165) is 44.2 Å². The van der Waals surface area contributed by atoms with Gasteiger partial charge >= 0.3 is 0 Å². The van der Waals surface area contributed by atoms with E-state index in [-0.39, 0.29) is 24.0 Å². The van der Waals surface area contributed by atoms with Crippen LogP contribution >= 0.6 is 24.0 Å². The summed E-state index contributed by atoms with van der Waals surface area (Å²) >= 11 is 0. The topological polar surface area (TPSA) is 54.9 Å². The van der Waals surface area contributed by atoms with Crippen molar-refractivity contribution in [1.82, 2.24) is 10.6 Å². The van der Waals surface area contributed by atoms with E-state index >= 15 is 0 Å². The smallest absolute Gasteiger partial charge is 0.191 e. The molecule has 0 aliphatic carbocycles. The molecular formula is C21H28IN3O2. The third-order valence-electron chi connectivity index (χ3n) is 4.48. The molecular weight excluding hydrogens is 453 g/mol. The summed E-state index contributed by atoms with van der Waals surface area (Å²) in [6.07, 6.45) is 1.97. The molecule has 0 aromatic heterocycles. The van der Waals surface area contributed by atoms with Gasteiger partial charge in [-0.3, -0.25) is 4.99 Å². The van der Waals surface area contributed by atoms with Gasteiger partial charge < -0.3 is 20.1 Å². The van der Waals surface area contributed by atoms with E-state index in [0.29, 0.717) is 6.61 Å². The van der Waals surface area contributed by atoms with Crippen LogP contribution in [-0.4, -0.2) is 33.3 Å². The third kappa shape index (κ3) is 6.39. The van der Waals surface area contributed by atoms with Crippen LogP contribution in [0.1, 0.15) is 22.3 Å². The largest absolute Gasteiger partial charge is 0.493 e. The summed E-state index contributed by atoms with van der Waals surface area (Å²) in [6.45, 7) is 3.03. The molecule has 0 atom stereocenters. The van der Waals surface area contributed by atoms with Gasteiger partial charge in [0.25, 0.3) is 0 Å². The van der Waals surface area contributed by atoms with E-state index < -0.39 is 0 Å². The second kappa shape index (κ2) is 11.1. The Morgan fingerprint density at radius 2 is 1.81 bits per heavy atom. The minimum Gasteiger partial charge on any atom is -0.493 e. The van der Waals surface area contributed by atoms with Gasteiger partial charge in [-0.05, 0) is 34.7 Å². The van der Waals surface area contributed by atoms with Crippen molar-refractivity contribution in [3.63, 3.8) is 0 Å². The summed E-state index contributed by atoms with van der Waals surface area (Å²) in [5.74, 6) is 1.85. The van der Waals surface area contributed by atoms with Crippen LogP contribution in [0.5, 0.6) is 5.75 Å². The average molecular weight is 481 g/mol. The molecule has 5 nitrogen and oxygen atoms in total. The van der Waals surface area contributed by atoms with Crippen LogP contribution < -0.4 is 15.4 Å². The number of nitrogens with one attached hydrogen (secondary N) is 2. The van der Waals surface area contributed by atoms with E-state index in [4.69, 9.17) is 9.47 Å². The SMILES string of the molecule is CN=C(NCCc1ccc2c(c1)CCO2)NCc1ccc(COC)cc1.I. The molecule has 0 fully saturated rings. The van der Waals surface area contributed by atoms with Crippen LogP contribution in [0.3, 0.4) is 0 Å². The summed E-state index contributed by atoms with van der Waals surface area (Å²) in [5.41, 5.74) is 5.04. The number of fused-ring (bicyclic) bond motifs is 1. The number of hydrogen-bond acceptors (Lipinski definition) is 3. The Morgan fingerprint density at radius 3 is 2.56 bits per heavy atom. The lowest BCUT2D eigenvalue weighted by molar-refractivity contribution is 0.185. The maximum absolute atomic E-state index is 5.56. The van der Waals surface area contributed by atoms with Gasteiger partial charge in [-0.25, -0.2) is 0 Å². The van der Waals surface area contributed by atoms with E-state index in [1.165, 1.54) is 22.3 Å². The fourth-order valence-corrected chi connectivity index (χ4v) is 3.05. The number of benzene rings is 2. The molecule has 2 aromatic rings. The van der Waals surface area contributed by atoms with Crippen LogP contribution in [0.4, 0.5) is 0 Å². The lowest BCUT2D eigenvalue weighted by Gasteiger charge is -2.12. The molecule has 27 heavy (non-hydrogen) atoms. The highest BCUT2D eigenvalue weighted by Gasteiger charge is 2.11. The summed E-state index contributed by atoms with van der Waals surface area (Å²) in [7, 11) is 3.51. The number of aliphatic imine (C=N–C) groups is 1. The number of halogens is 1. The normalized spacial score (nSPS) is 12.7. The number of guanidine groups is 1. The monoisotopic (exact) mass is 481 g/mol. The molecule has 6 heteroatoms. The highest BCUT2D eigenvalue weighted by atomic mass is 127. The van der Waals surface area contributed by atoms with Crippen molar-refractivity contribution >= 4 is 29.9 Å². The van der Waals surface area contributed by atoms with E-state index in [1.807, 2.05) is 0 Å². The van der Waals surface area contributed by atoms with Crippen LogP contribution in [-0.2, 0) is 30.7 Å². The molecule has 0 unspecified atom stereocenters. The summed E-state index contributed by atoms with van der Waals surface area (Å²) in [4.78, 5) is 4.29. The Hall–Kier alpha value is -1.80. The van der Waals surface area contributed by atoms with Gasteiger partial charge in [0.1, 0.15) is 5.75 Å². The number of ether oxygens (including phenoxy) is 2. The number of hydrogen-bond donors (Lipinski definition) is 2. The van der Waals surface area contributed by atoms with E-state index in [9.17, 15) is 0 Å². The zero-order valence-corrected chi connectivity index (χ0v) is 18.3. The average Bonchev–Trinajstić information content (AvgIpc) is 3.14. The summed E-state index contributed by atoms with van der Waals surface area (Å²) in [5, 5.41) is 6.73. The molecule has 1 aliphatic rings. The number of nitrogens with zero attached hydrogens (tertiary/aromatic N) is 1. The molecule has 0 bridgehead atoms. The van der Waals surface area contributed by atoms with Gasteiger partial charge in [-0.2, -0.15) is 0 Å². The first-order chi connectivity index (χ1) is 12.8. The van der Waals surface area contributed by atoms with Gasteiger partial charge in [0, 0.05) is 33.7 Å².